The molecule has 264 valence electrons. The first-order valence-corrected chi connectivity index (χ1v) is 16.0. The molecular weight excluding hydrogens is 702 g/mol. The molecule has 0 radical (unpaired) electrons. The summed E-state index contributed by atoms with van der Waals surface area (Å²) in [5.41, 5.74) is 2.61. The maximum atomic E-state index is 13.8. The van der Waals surface area contributed by atoms with Crippen molar-refractivity contribution in [3.8, 4) is 17.2 Å². The second-order valence-corrected chi connectivity index (χ2v) is 11.9. The molecule has 4 aromatic heterocycles. The predicted octanol–water partition coefficient (Wildman–Crippen LogP) is 9.32. The first-order valence-electron chi connectivity index (χ1n) is 15.6. The third-order valence-electron chi connectivity index (χ3n) is 8.31. The highest BCUT2D eigenvalue weighted by molar-refractivity contribution is 6.35. The number of aromatic amines is 1. The molecule has 0 unspecified atom stereocenters. The molecule has 8 rings (SSSR count). The van der Waals surface area contributed by atoms with Crippen molar-refractivity contribution < 1.29 is 31.8 Å². The normalized spacial score (nSPS) is 11.5. The smallest absolute Gasteiger partial charge is 0.419 e. The maximum Gasteiger partial charge on any atom is 0.419 e. The van der Waals surface area contributed by atoms with Crippen LogP contribution in [0, 0.1) is 5.82 Å². The highest BCUT2D eigenvalue weighted by Crippen LogP contribution is 2.35. The number of alkyl halides is 3. The highest BCUT2D eigenvalue weighted by Gasteiger charge is 2.34. The number of ether oxygens (including phenoxy) is 3. The SMILES string of the molecule is COc1ccc(Cn2cc3c(n2)c(Cl)nc2ccc(OC)cc23)cc1.COc1ccc2nc(Nc3ccc(C(F)(F)F)c(F)c3)c3[nH]ncc3c2c1. The molecule has 0 aliphatic carbocycles. The molecule has 10 nitrogen and oxygen atoms in total. The summed E-state index contributed by atoms with van der Waals surface area (Å²) in [6, 6.07) is 21.6. The zero-order valence-corrected chi connectivity index (χ0v) is 28.5. The number of anilines is 2. The summed E-state index contributed by atoms with van der Waals surface area (Å²) in [5.74, 6) is 1.22. The number of pyridine rings is 2. The number of rotatable bonds is 7. The van der Waals surface area contributed by atoms with E-state index in [-0.39, 0.29) is 5.69 Å². The topological polar surface area (TPSA) is 112 Å². The van der Waals surface area contributed by atoms with E-state index < -0.39 is 17.6 Å². The number of benzene rings is 4. The average Bonchev–Trinajstić information content (AvgIpc) is 3.81. The van der Waals surface area contributed by atoms with Gasteiger partial charge in [-0.15, -0.1) is 0 Å². The highest BCUT2D eigenvalue weighted by atomic mass is 35.5. The minimum atomic E-state index is -4.75. The molecular formula is C37H28ClF4N7O3. The van der Waals surface area contributed by atoms with Crippen LogP contribution in [0.25, 0.3) is 43.6 Å². The molecule has 8 aromatic rings. The van der Waals surface area contributed by atoms with Gasteiger partial charge < -0.3 is 19.5 Å². The first-order chi connectivity index (χ1) is 25.0. The van der Waals surface area contributed by atoms with E-state index in [1.165, 1.54) is 0 Å². The Hall–Kier alpha value is -6.15. The van der Waals surface area contributed by atoms with Gasteiger partial charge in [0, 0.05) is 33.4 Å². The van der Waals surface area contributed by atoms with E-state index in [9.17, 15) is 17.6 Å². The second-order valence-electron chi connectivity index (χ2n) is 11.5. The van der Waals surface area contributed by atoms with Crippen molar-refractivity contribution in [3.63, 3.8) is 0 Å². The molecule has 52 heavy (non-hydrogen) atoms. The molecule has 0 saturated carbocycles. The van der Waals surface area contributed by atoms with Gasteiger partial charge in [-0.1, -0.05) is 23.7 Å². The molecule has 0 saturated heterocycles. The molecule has 4 aromatic carbocycles. The minimum Gasteiger partial charge on any atom is -0.497 e. The zero-order valence-electron chi connectivity index (χ0n) is 27.7. The number of aromatic nitrogens is 6. The fraction of sp³-hybridized carbons (Fsp3) is 0.135. The number of H-pyrrole nitrogens is 1. The minimum absolute atomic E-state index is 0.136. The van der Waals surface area contributed by atoms with Gasteiger partial charge in [0.1, 0.15) is 34.1 Å². The summed E-state index contributed by atoms with van der Waals surface area (Å²) >= 11 is 6.33. The summed E-state index contributed by atoms with van der Waals surface area (Å²) in [7, 11) is 4.86. The Bertz CT molecular complexity index is 2570. The quantitative estimate of drug-likeness (QED) is 0.123. The monoisotopic (exact) mass is 729 g/mol. The van der Waals surface area contributed by atoms with Crippen molar-refractivity contribution in [2.45, 2.75) is 12.7 Å². The first kappa shape index (κ1) is 34.3. The number of hydrogen-bond acceptors (Lipinski definition) is 8. The van der Waals surface area contributed by atoms with Crippen LogP contribution in [0.15, 0.2) is 91.3 Å². The zero-order chi connectivity index (χ0) is 36.6. The standard InChI is InChI=1S/C19H16ClN3O2.C18H12F4N4O/c1-24-13-5-3-12(4-6-13)10-23-11-16-15-9-14(25-2)7-8-17(15)21-19(20)18(16)22-23;1-27-10-3-5-15-11(7-10)12-8-23-26-16(12)17(25-15)24-9-2-4-13(14(19)6-9)18(20,21)22/h3-9,11H,10H2,1-2H3;2-8H,1H3,(H,23,26)(H,24,25). The third kappa shape index (κ3) is 6.80. The van der Waals surface area contributed by atoms with Gasteiger partial charge in [0.15, 0.2) is 11.0 Å². The van der Waals surface area contributed by atoms with Crippen molar-refractivity contribution in [2.75, 3.05) is 26.6 Å². The lowest BCUT2D eigenvalue weighted by atomic mass is 10.1. The lowest BCUT2D eigenvalue weighted by Gasteiger charge is -2.12. The van der Waals surface area contributed by atoms with Crippen LogP contribution in [0.1, 0.15) is 11.1 Å². The molecule has 15 heteroatoms. The van der Waals surface area contributed by atoms with E-state index in [4.69, 9.17) is 25.8 Å². The van der Waals surface area contributed by atoms with Gasteiger partial charge >= 0.3 is 6.18 Å². The molecule has 2 N–H and O–H groups in total. The molecule has 0 aliphatic rings. The Morgan fingerprint density at radius 1 is 0.769 bits per heavy atom. The van der Waals surface area contributed by atoms with Crippen LogP contribution in [0.2, 0.25) is 5.15 Å². The Kier molecular flexibility index (Phi) is 9.15. The van der Waals surface area contributed by atoms with Gasteiger partial charge in [-0.3, -0.25) is 9.78 Å². The maximum absolute atomic E-state index is 13.8. The average molecular weight is 730 g/mol. The number of halogens is 5. The van der Waals surface area contributed by atoms with Crippen molar-refractivity contribution in [3.05, 3.63) is 113 Å². The molecule has 0 aliphatic heterocycles. The number of nitrogens with one attached hydrogen (secondary N) is 2. The summed E-state index contributed by atoms with van der Waals surface area (Å²) in [6.45, 7) is 0.639. The van der Waals surface area contributed by atoms with Gasteiger partial charge in [0.05, 0.1) is 50.7 Å². The van der Waals surface area contributed by atoms with Crippen LogP contribution < -0.4 is 19.5 Å². The molecule has 0 fully saturated rings. The van der Waals surface area contributed by atoms with E-state index in [1.54, 1.807) is 39.7 Å². The number of fused-ring (bicyclic) bond motifs is 6. The van der Waals surface area contributed by atoms with Crippen molar-refractivity contribution in [1.29, 1.82) is 0 Å². The van der Waals surface area contributed by atoms with Gasteiger partial charge in [-0.2, -0.15) is 23.4 Å². The van der Waals surface area contributed by atoms with Crippen molar-refractivity contribution >= 4 is 66.7 Å². The fourth-order valence-corrected chi connectivity index (χ4v) is 5.97. The van der Waals surface area contributed by atoms with Gasteiger partial charge in [-0.05, 0) is 72.3 Å². The molecule has 4 heterocycles. The number of hydrogen-bond donors (Lipinski definition) is 2. The lowest BCUT2D eigenvalue weighted by Crippen LogP contribution is -2.08. The summed E-state index contributed by atoms with van der Waals surface area (Å²) in [6.07, 6.45) is -1.15. The summed E-state index contributed by atoms with van der Waals surface area (Å²) in [5, 5.41) is 18.1. The molecule has 0 atom stereocenters. The molecule has 0 amide bonds. The van der Waals surface area contributed by atoms with E-state index in [0.717, 1.165) is 56.3 Å². The van der Waals surface area contributed by atoms with E-state index in [0.29, 0.717) is 45.9 Å². The Balaban J connectivity index is 0.000000162. The van der Waals surface area contributed by atoms with Crippen LogP contribution in [0.3, 0.4) is 0 Å². The van der Waals surface area contributed by atoms with E-state index in [2.05, 4.69) is 30.6 Å². The van der Waals surface area contributed by atoms with E-state index in [1.807, 2.05) is 59.4 Å². The second kappa shape index (κ2) is 13.9. The summed E-state index contributed by atoms with van der Waals surface area (Å²) in [4.78, 5) is 8.90. The Morgan fingerprint density at radius 2 is 1.40 bits per heavy atom. The van der Waals surface area contributed by atoms with Gasteiger partial charge in [0.25, 0.3) is 0 Å². The molecule has 0 spiro atoms. The largest absolute Gasteiger partial charge is 0.497 e. The van der Waals surface area contributed by atoms with E-state index >= 15 is 0 Å². The molecule has 0 bridgehead atoms. The third-order valence-corrected chi connectivity index (χ3v) is 8.58. The van der Waals surface area contributed by atoms with Crippen LogP contribution in [0.4, 0.5) is 29.1 Å². The van der Waals surface area contributed by atoms with Crippen molar-refractivity contribution in [1.82, 2.24) is 29.9 Å². The van der Waals surface area contributed by atoms with Gasteiger partial charge in [-0.25, -0.2) is 14.4 Å². The van der Waals surface area contributed by atoms with Crippen LogP contribution in [0.5, 0.6) is 17.2 Å². The number of methoxy groups -OCH3 is 3. The predicted molar refractivity (Wildman–Crippen MR) is 191 cm³/mol. The summed E-state index contributed by atoms with van der Waals surface area (Å²) < 4.78 is 69.6. The van der Waals surface area contributed by atoms with Crippen LogP contribution in [-0.2, 0) is 12.7 Å². The van der Waals surface area contributed by atoms with Crippen LogP contribution >= 0.6 is 11.6 Å². The lowest BCUT2D eigenvalue weighted by molar-refractivity contribution is -0.139. The Labute approximate surface area is 297 Å². The Morgan fingerprint density at radius 3 is 2.04 bits per heavy atom. The van der Waals surface area contributed by atoms with Crippen molar-refractivity contribution in [2.24, 2.45) is 0 Å². The fourth-order valence-electron chi connectivity index (χ4n) is 5.74. The number of nitrogens with zero attached hydrogens (tertiary/aromatic N) is 5. The van der Waals surface area contributed by atoms with Gasteiger partial charge in [0.2, 0.25) is 0 Å². The van der Waals surface area contributed by atoms with Crippen LogP contribution in [-0.4, -0.2) is 51.3 Å².